The summed E-state index contributed by atoms with van der Waals surface area (Å²) in [7, 11) is 1.32. The van der Waals surface area contributed by atoms with Crippen LogP contribution in [0.5, 0.6) is 0 Å². The number of anilines is 3. The van der Waals surface area contributed by atoms with Crippen LogP contribution in [0.25, 0.3) is 10.8 Å². The Morgan fingerprint density at radius 3 is 2.56 bits per heavy atom. The first-order valence-corrected chi connectivity index (χ1v) is 10.2. The van der Waals surface area contributed by atoms with Crippen LogP contribution in [0.15, 0.2) is 54.6 Å². The fourth-order valence-electron chi connectivity index (χ4n) is 4.32. The van der Waals surface area contributed by atoms with Gasteiger partial charge in [-0.3, -0.25) is 24.6 Å². The Morgan fingerprint density at radius 1 is 1.06 bits per heavy atom. The first-order valence-electron chi connectivity index (χ1n) is 10.2. The molecule has 2 aliphatic heterocycles. The zero-order chi connectivity index (χ0) is 22.4. The lowest BCUT2D eigenvalue weighted by molar-refractivity contribution is -0.134. The van der Waals surface area contributed by atoms with E-state index in [-0.39, 0.29) is 24.7 Å². The Balaban J connectivity index is 1.54. The van der Waals surface area contributed by atoms with Crippen molar-refractivity contribution in [3.05, 3.63) is 65.7 Å². The molecule has 32 heavy (non-hydrogen) atoms. The topological polar surface area (TPSA) is 105 Å². The van der Waals surface area contributed by atoms with E-state index in [9.17, 15) is 19.2 Å². The van der Waals surface area contributed by atoms with Crippen LogP contribution < -0.4 is 15.5 Å². The third-order valence-electron chi connectivity index (χ3n) is 5.82. The molecule has 1 fully saturated rings. The number of hydrogen-bond donors (Lipinski definition) is 2. The molecular formula is C24H19N3O5. The molecule has 5 rings (SSSR count). The third-order valence-corrected chi connectivity index (χ3v) is 5.82. The van der Waals surface area contributed by atoms with Crippen molar-refractivity contribution in [3.8, 4) is 0 Å². The Morgan fingerprint density at radius 2 is 1.84 bits per heavy atom. The number of methoxy groups -OCH3 is 1. The predicted molar refractivity (Wildman–Crippen MR) is 118 cm³/mol. The molecule has 0 radical (unpaired) electrons. The third kappa shape index (κ3) is 3.08. The van der Waals surface area contributed by atoms with E-state index in [0.717, 1.165) is 10.8 Å². The number of amides is 3. The summed E-state index contributed by atoms with van der Waals surface area (Å²) in [6.45, 7) is 0. The summed E-state index contributed by atoms with van der Waals surface area (Å²) in [4.78, 5) is 50.8. The quantitative estimate of drug-likeness (QED) is 0.488. The van der Waals surface area contributed by atoms with Gasteiger partial charge in [-0.25, -0.2) is 4.79 Å². The van der Waals surface area contributed by atoms with Gasteiger partial charge in [0, 0.05) is 17.5 Å². The number of piperidine rings is 1. The molecule has 1 unspecified atom stereocenters. The van der Waals surface area contributed by atoms with Gasteiger partial charge in [0.2, 0.25) is 11.8 Å². The predicted octanol–water partition coefficient (Wildman–Crippen LogP) is 3.14. The number of ether oxygens (including phenoxy) is 1. The maximum Gasteiger partial charge on any atom is 0.337 e. The molecule has 160 valence electrons. The molecule has 0 aliphatic carbocycles. The largest absolute Gasteiger partial charge is 0.465 e. The summed E-state index contributed by atoms with van der Waals surface area (Å²) >= 11 is 0. The van der Waals surface area contributed by atoms with Crippen molar-refractivity contribution in [1.82, 2.24) is 5.32 Å². The monoisotopic (exact) mass is 429 g/mol. The van der Waals surface area contributed by atoms with E-state index < -0.39 is 17.9 Å². The first-order chi connectivity index (χ1) is 15.5. The van der Waals surface area contributed by atoms with Gasteiger partial charge in [0.15, 0.2) is 0 Å². The minimum absolute atomic E-state index is 0.185. The van der Waals surface area contributed by atoms with Crippen molar-refractivity contribution in [2.24, 2.45) is 0 Å². The standard InChI is InChI=1S/C24H19N3O5/c1-32-24(31)14-5-8-15(9-6-14)25-16-10-7-13-3-2-4-17-20(13)21(16)23(30)27(17)18-11-12-19(28)26-22(18)29/h2-10,18,25H,11-12H2,1H3,(H,26,28,29). The molecule has 0 spiro atoms. The Labute approximate surface area is 183 Å². The van der Waals surface area contributed by atoms with E-state index in [2.05, 4.69) is 10.6 Å². The second-order valence-electron chi connectivity index (χ2n) is 7.70. The first kappa shape index (κ1) is 19.7. The van der Waals surface area contributed by atoms with Crippen molar-refractivity contribution in [2.45, 2.75) is 18.9 Å². The number of benzene rings is 3. The zero-order valence-corrected chi connectivity index (χ0v) is 17.2. The van der Waals surface area contributed by atoms with Crippen molar-refractivity contribution in [2.75, 3.05) is 17.3 Å². The Hall–Kier alpha value is -4.20. The average molecular weight is 429 g/mol. The lowest BCUT2D eigenvalue weighted by Gasteiger charge is -2.30. The summed E-state index contributed by atoms with van der Waals surface area (Å²) < 4.78 is 4.72. The molecule has 0 aromatic heterocycles. The summed E-state index contributed by atoms with van der Waals surface area (Å²) in [5, 5.41) is 7.23. The fraction of sp³-hybridized carbons (Fsp3) is 0.167. The van der Waals surface area contributed by atoms with Gasteiger partial charge in [0.1, 0.15) is 6.04 Å². The second kappa shape index (κ2) is 7.49. The van der Waals surface area contributed by atoms with Crippen LogP contribution >= 0.6 is 0 Å². The van der Waals surface area contributed by atoms with Crippen molar-refractivity contribution in [1.29, 1.82) is 0 Å². The molecule has 3 aromatic rings. The van der Waals surface area contributed by atoms with Gasteiger partial charge in [0.25, 0.3) is 5.91 Å². The molecule has 8 heteroatoms. The molecule has 2 N–H and O–H groups in total. The van der Waals surface area contributed by atoms with Crippen LogP contribution in [-0.4, -0.2) is 36.8 Å². The van der Waals surface area contributed by atoms with E-state index in [1.54, 1.807) is 24.3 Å². The van der Waals surface area contributed by atoms with Gasteiger partial charge >= 0.3 is 5.97 Å². The van der Waals surface area contributed by atoms with E-state index >= 15 is 0 Å². The van der Waals surface area contributed by atoms with Gasteiger partial charge in [-0.1, -0.05) is 18.2 Å². The lowest BCUT2D eigenvalue weighted by atomic mass is 10.0. The number of esters is 1. The molecule has 3 aromatic carbocycles. The number of imide groups is 1. The molecule has 1 atom stereocenters. The molecule has 8 nitrogen and oxygen atoms in total. The molecule has 0 saturated carbocycles. The highest BCUT2D eigenvalue weighted by molar-refractivity contribution is 6.29. The highest BCUT2D eigenvalue weighted by atomic mass is 16.5. The lowest BCUT2D eigenvalue weighted by Crippen LogP contribution is -2.53. The fourth-order valence-corrected chi connectivity index (χ4v) is 4.32. The number of rotatable bonds is 4. The molecule has 0 bridgehead atoms. The van der Waals surface area contributed by atoms with Gasteiger partial charge in [-0.2, -0.15) is 0 Å². The van der Waals surface area contributed by atoms with Gasteiger partial charge < -0.3 is 10.1 Å². The molecule has 1 saturated heterocycles. The normalized spacial score (nSPS) is 17.5. The zero-order valence-electron chi connectivity index (χ0n) is 17.2. The highest BCUT2D eigenvalue weighted by Crippen LogP contribution is 2.43. The minimum atomic E-state index is -0.745. The van der Waals surface area contributed by atoms with Gasteiger partial charge in [-0.15, -0.1) is 0 Å². The highest BCUT2D eigenvalue weighted by Gasteiger charge is 2.41. The van der Waals surface area contributed by atoms with E-state index in [4.69, 9.17) is 4.74 Å². The number of nitrogens with one attached hydrogen (secondary N) is 2. The van der Waals surface area contributed by atoms with Gasteiger partial charge in [-0.05, 0) is 48.2 Å². The summed E-state index contributed by atoms with van der Waals surface area (Å²) in [6, 6.07) is 15.3. The maximum atomic E-state index is 13.6. The van der Waals surface area contributed by atoms with Crippen LogP contribution in [-0.2, 0) is 14.3 Å². The summed E-state index contributed by atoms with van der Waals surface area (Å²) in [6.07, 6.45) is 0.461. The van der Waals surface area contributed by atoms with Crippen LogP contribution in [0, 0.1) is 0 Å². The van der Waals surface area contributed by atoms with E-state index in [0.29, 0.717) is 28.2 Å². The minimum Gasteiger partial charge on any atom is -0.465 e. The van der Waals surface area contributed by atoms with Gasteiger partial charge in [0.05, 0.1) is 29.6 Å². The van der Waals surface area contributed by atoms with Crippen molar-refractivity contribution in [3.63, 3.8) is 0 Å². The average Bonchev–Trinajstić information content (AvgIpc) is 3.09. The number of hydrogen-bond acceptors (Lipinski definition) is 6. The Bertz CT molecular complexity index is 1300. The molecule has 3 amide bonds. The number of nitrogens with zero attached hydrogens (tertiary/aromatic N) is 1. The van der Waals surface area contributed by atoms with Crippen LogP contribution in [0.3, 0.4) is 0 Å². The second-order valence-corrected chi connectivity index (χ2v) is 7.70. The van der Waals surface area contributed by atoms with Crippen molar-refractivity contribution >= 4 is 51.5 Å². The maximum absolute atomic E-state index is 13.6. The van der Waals surface area contributed by atoms with Crippen LogP contribution in [0.2, 0.25) is 0 Å². The smallest absolute Gasteiger partial charge is 0.337 e. The molecule has 2 heterocycles. The van der Waals surface area contributed by atoms with E-state index in [1.165, 1.54) is 12.0 Å². The number of carbonyl (C=O) groups excluding carboxylic acids is 4. The molecule has 2 aliphatic rings. The summed E-state index contributed by atoms with van der Waals surface area (Å²) in [5.74, 6) is -1.51. The summed E-state index contributed by atoms with van der Waals surface area (Å²) in [5.41, 5.74) is 2.83. The van der Waals surface area contributed by atoms with Crippen LogP contribution in [0.1, 0.15) is 33.6 Å². The van der Waals surface area contributed by atoms with E-state index in [1.807, 2.05) is 30.3 Å². The van der Waals surface area contributed by atoms with Crippen molar-refractivity contribution < 1.29 is 23.9 Å². The molecular weight excluding hydrogens is 410 g/mol. The Kier molecular flexibility index (Phi) is 4.62. The SMILES string of the molecule is COC(=O)c1ccc(Nc2ccc3cccc4c3c2C(=O)N4C2CCC(=O)NC2=O)cc1. The number of carbonyl (C=O) groups is 4. The van der Waals surface area contributed by atoms with Crippen LogP contribution in [0.4, 0.5) is 17.1 Å².